The Bertz CT molecular complexity index is 322. The van der Waals surface area contributed by atoms with E-state index in [1.54, 1.807) is 0 Å². The Labute approximate surface area is 85.2 Å². The van der Waals surface area contributed by atoms with E-state index in [2.05, 4.69) is 37.1 Å². The monoisotopic (exact) mass is 180 g/mol. The van der Waals surface area contributed by atoms with Gasteiger partial charge < -0.3 is 0 Å². The maximum absolute atomic E-state index is 2.12. The van der Waals surface area contributed by atoms with E-state index in [0.29, 0.717) is 0 Å². The summed E-state index contributed by atoms with van der Waals surface area (Å²) in [5.74, 6) is 0. The van der Waals surface area contributed by atoms with Crippen LogP contribution in [0.5, 0.6) is 0 Å². The van der Waals surface area contributed by atoms with Crippen LogP contribution in [0.25, 0.3) is 0 Å². The molecule has 0 aliphatic rings. The summed E-state index contributed by atoms with van der Waals surface area (Å²) in [6, 6.07) is 20.6. The Morgan fingerprint density at radius 3 is 1.21 bits per heavy atom. The highest BCUT2D eigenvalue weighted by atomic mass is 14.0. The van der Waals surface area contributed by atoms with Crippen LogP contribution in [-0.2, 0) is 0 Å². The molecule has 2 rings (SSSR count). The Balaban J connectivity index is 1.96. The van der Waals surface area contributed by atoms with Crippen molar-refractivity contribution in [3.05, 3.63) is 84.6 Å². The van der Waals surface area contributed by atoms with Gasteiger partial charge in [-0.2, -0.15) is 24.3 Å². The first-order chi connectivity index (χ1) is 6.95. The molecule has 0 spiro atoms. The molecule has 70 valence electrons. The van der Waals surface area contributed by atoms with E-state index in [4.69, 9.17) is 0 Å². The average Bonchev–Trinajstić information content (AvgIpc) is 2.29. The molecule has 0 heteroatoms. The van der Waals surface area contributed by atoms with Crippen molar-refractivity contribution in [1.29, 1.82) is 0 Å². The lowest BCUT2D eigenvalue weighted by molar-refractivity contribution is 1.40. The Hall–Kier alpha value is -1.82. The predicted octanol–water partition coefficient (Wildman–Crippen LogP) is 3.49. The molecule has 0 fully saturated rings. The number of rotatable bonds is 3. The SMILES string of the molecule is c1ccc([CH-][CH-]c2ccccc2)cc1. The molecule has 0 aliphatic heterocycles. The Kier molecular flexibility index (Phi) is 2.77. The first-order valence-corrected chi connectivity index (χ1v) is 4.73. The summed E-state index contributed by atoms with van der Waals surface area (Å²) < 4.78 is 0. The van der Waals surface area contributed by atoms with Crippen LogP contribution in [0.15, 0.2) is 60.7 Å². The first kappa shape index (κ1) is 8.76. The van der Waals surface area contributed by atoms with Gasteiger partial charge in [-0.05, 0) is 0 Å². The van der Waals surface area contributed by atoms with Gasteiger partial charge in [0, 0.05) is 0 Å². The smallest absolute Gasteiger partial charge is 0.0866 e. The van der Waals surface area contributed by atoms with Crippen LogP contribution in [0, 0.1) is 12.8 Å². The number of hydrogen-bond acceptors (Lipinski definition) is 0. The van der Waals surface area contributed by atoms with Crippen LogP contribution in [0.3, 0.4) is 0 Å². The zero-order valence-corrected chi connectivity index (χ0v) is 7.93. The quantitative estimate of drug-likeness (QED) is 0.634. The number of hydrogen-bond donors (Lipinski definition) is 0. The first-order valence-electron chi connectivity index (χ1n) is 4.73. The molecular weight excluding hydrogens is 168 g/mol. The van der Waals surface area contributed by atoms with Crippen LogP contribution >= 0.6 is 0 Å². The zero-order chi connectivity index (χ0) is 9.64. The van der Waals surface area contributed by atoms with Crippen molar-refractivity contribution in [3.63, 3.8) is 0 Å². The van der Waals surface area contributed by atoms with Crippen molar-refractivity contribution >= 4 is 0 Å². The molecule has 0 amide bonds. The van der Waals surface area contributed by atoms with Crippen LogP contribution in [0.2, 0.25) is 0 Å². The molecule has 0 N–H and O–H groups in total. The molecule has 14 heavy (non-hydrogen) atoms. The minimum absolute atomic E-state index is 1.23. The molecule has 0 nitrogen and oxygen atoms in total. The highest BCUT2D eigenvalue weighted by molar-refractivity contribution is 5.34. The molecule has 0 saturated carbocycles. The summed E-state index contributed by atoms with van der Waals surface area (Å²) in [5, 5.41) is 0. The fourth-order valence-electron chi connectivity index (χ4n) is 1.32. The second kappa shape index (κ2) is 4.43. The lowest BCUT2D eigenvalue weighted by Crippen LogP contribution is -1.84. The van der Waals surface area contributed by atoms with Gasteiger partial charge in [0.05, 0.1) is 0 Å². The summed E-state index contributed by atoms with van der Waals surface area (Å²) >= 11 is 0. The molecule has 2 aromatic rings. The highest BCUT2D eigenvalue weighted by Crippen LogP contribution is 2.10. The standard InChI is InChI=1S/C14H12/c1-3-7-13(8-4-1)11-12-14-9-5-2-6-10-14/h1-12H/q-2. The minimum atomic E-state index is 1.23. The maximum atomic E-state index is 2.12. The van der Waals surface area contributed by atoms with E-state index in [-0.39, 0.29) is 0 Å². The van der Waals surface area contributed by atoms with Crippen LogP contribution < -0.4 is 0 Å². The molecule has 0 bridgehead atoms. The fourth-order valence-corrected chi connectivity index (χ4v) is 1.32. The van der Waals surface area contributed by atoms with E-state index in [1.807, 2.05) is 36.4 Å². The Morgan fingerprint density at radius 2 is 0.857 bits per heavy atom. The molecule has 0 heterocycles. The summed E-state index contributed by atoms with van der Waals surface area (Å²) in [4.78, 5) is 0. The maximum Gasteiger partial charge on any atom is -0.0866 e. The number of benzene rings is 2. The summed E-state index contributed by atoms with van der Waals surface area (Å²) in [6.07, 6.45) is 4.24. The van der Waals surface area contributed by atoms with E-state index in [1.165, 1.54) is 11.1 Å². The van der Waals surface area contributed by atoms with E-state index in [0.717, 1.165) is 0 Å². The average molecular weight is 180 g/mol. The topological polar surface area (TPSA) is 0 Å². The van der Waals surface area contributed by atoms with Gasteiger partial charge in [0.25, 0.3) is 0 Å². The van der Waals surface area contributed by atoms with Crippen molar-refractivity contribution in [2.45, 2.75) is 0 Å². The van der Waals surface area contributed by atoms with Crippen LogP contribution in [0.1, 0.15) is 11.1 Å². The molecule has 0 atom stereocenters. The summed E-state index contributed by atoms with van der Waals surface area (Å²) in [5.41, 5.74) is 2.47. The Morgan fingerprint density at radius 1 is 0.500 bits per heavy atom. The van der Waals surface area contributed by atoms with Gasteiger partial charge in [-0.3, -0.25) is 0 Å². The van der Waals surface area contributed by atoms with E-state index in [9.17, 15) is 0 Å². The van der Waals surface area contributed by atoms with Crippen molar-refractivity contribution < 1.29 is 0 Å². The van der Waals surface area contributed by atoms with E-state index < -0.39 is 0 Å². The molecular formula is C14H12-2. The van der Waals surface area contributed by atoms with Gasteiger partial charge in [-0.15, -0.1) is 24.3 Å². The van der Waals surface area contributed by atoms with Gasteiger partial charge in [-0.25, -0.2) is 24.0 Å². The van der Waals surface area contributed by atoms with Crippen LogP contribution in [-0.4, -0.2) is 0 Å². The van der Waals surface area contributed by atoms with Crippen molar-refractivity contribution in [2.24, 2.45) is 0 Å². The predicted molar refractivity (Wildman–Crippen MR) is 59.7 cm³/mol. The van der Waals surface area contributed by atoms with Gasteiger partial charge in [-0.1, -0.05) is 12.1 Å². The van der Waals surface area contributed by atoms with Gasteiger partial charge in [0.1, 0.15) is 0 Å². The highest BCUT2D eigenvalue weighted by Gasteiger charge is 1.78. The van der Waals surface area contributed by atoms with Crippen molar-refractivity contribution in [3.8, 4) is 0 Å². The largest absolute Gasteiger partial charge is 0.219 e. The summed E-state index contributed by atoms with van der Waals surface area (Å²) in [7, 11) is 0. The minimum Gasteiger partial charge on any atom is -0.219 e. The molecule has 0 unspecified atom stereocenters. The normalized spacial score (nSPS) is 9.43. The van der Waals surface area contributed by atoms with Crippen molar-refractivity contribution in [1.82, 2.24) is 0 Å². The zero-order valence-electron chi connectivity index (χ0n) is 7.93. The summed E-state index contributed by atoms with van der Waals surface area (Å²) in [6.45, 7) is 0. The molecule has 0 aromatic heterocycles. The third kappa shape index (κ3) is 2.33. The second-order valence-electron chi connectivity index (χ2n) is 3.15. The molecule has 0 aliphatic carbocycles. The lowest BCUT2D eigenvalue weighted by Gasteiger charge is -2.15. The molecule has 2 aromatic carbocycles. The van der Waals surface area contributed by atoms with Crippen molar-refractivity contribution in [2.75, 3.05) is 0 Å². The third-order valence-corrected chi connectivity index (χ3v) is 2.07. The molecule has 0 saturated heterocycles. The second-order valence-corrected chi connectivity index (χ2v) is 3.15. The lowest BCUT2D eigenvalue weighted by atomic mass is 10.0. The van der Waals surface area contributed by atoms with Crippen LogP contribution in [0.4, 0.5) is 0 Å². The van der Waals surface area contributed by atoms with Gasteiger partial charge >= 0.3 is 0 Å². The fraction of sp³-hybridized carbons (Fsp3) is 0. The molecule has 0 radical (unpaired) electrons. The third-order valence-electron chi connectivity index (χ3n) is 2.07. The van der Waals surface area contributed by atoms with E-state index >= 15 is 0 Å². The van der Waals surface area contributed by atoms with Gasteiger partial charge in [0.2, 0.25) is 0 Å². The van der Waals surface area contributed by atoms with Gasteiger partial charge in [0.15, 0.2) is 0 Å².